The fourth-order valence-corrected chi connectivity index (χ4v) is 3.41. The van der Waals surface area contributed by atoms with E-state index in [0.29, 0.717) is 42.2 Å². The quantitative estimate of drug-likeness (QED) is 0.804. The molecule has 6 nitrogen and oxygen atoms in total. The third-order valence-corrected chi connectivity index (χ3v) is 4.93. The maximum absolute atomic E-state index is 12.5. The average Bonchev–Trinajstić information content (AvgIpc) is 2.60. The molecular weight excluding hydrogens is 320 g/mol. The predicted molar refractivity (Wildman–Crippen MR) is 94.9 cm³/mol. The molecule has 3 rings (SSSR count). The number of ether oxygens (including phenoxy) is 2. The van der Waals surface area contributed by atoms with E-state index in [0.717, 1.165) is 6.42 Å². The molecule has 3 atom stereocenters. The zero-order chi connectivity index (χ0) is 17.8. The Morgan fingerprint density at radius 2 is 2.12 bits per heavy atom. The molecule has 3 unspecified atom stereocenters. The number of carbonyl (C=O) groups excluding carboxylic acids is 2. The molecule has 6 heteroatoms. The van der Waals surface area contributed by atoms with Crippen LogP contribution in [0.2, 0.25) is 0 Å². The average molecular weight is 346 g/mol. The second kappa shape index (κ2) is 7.87. The van der Waals surface area contributed by atoms with Gasteiger partial charge in [0.1, 0.15) is 0 Å². The van der Waals surface area contributed by atoms with Gasteiger partial charge in [0.25, 0.3) is 11.8 Å². The summed E-state index contributed by atoms with van der Waals surface area (Å²) in [6.07, 6.45) is 4.51. The Bertz CT molecular complexity index is 646. The number of anilines is 1. The van der Waals surface area contributed by atoms with E-state index in [2.05, 4.69) is 17.6 Å². The molecule has 1 aliphatic heterocycles. The van der Waals surface area contributed by atoms with Gasteiger partial charge in [0.2, 0.25) is 0 Å². The van der Waals surface area contributed by atoms with Crippen molar-refractivity contribution in [3.8, 4) is 5.75 Å². The van der Waals surface area contributed by atoms with Crippen molar-refractivity contribution in [3.63, 3.8) is 0 Å². The number of benzene rings is 1. The van der Waals surface area contributed by atoms with Gasteiger partial charge in [-0.15, -0.1) is 0 Å². The smallest absolute Gasteiger partial charge is 0.265 e. The summed E-state index contributed by atoms with van der Waals surface area (Å²) in [6.45, 7) is 4.84. The molecule has 2 aliphatic rings. The van der Waals surface area contributed by atoms with Crippen LogP contribution >= 0.6 is 0 Å². The summed E-state index contributed by atoms with van der Waals surface area (Å²) in [5.74, 6) is 0.582. The highest BCUT2D eigenvalue weighted by Gasteiger charge is 2.27. The first-order chi connectivity index (χ1) is 12.1. The Morgan fingerprint density at radius 1 is 1.32 bits per heavy atom. The molecule has 25 heavy (non-hydrogen) atoms. The minimum atomic E-state index is -0.613. The lowest BCUT2D eigenvalue weighted by Gasteiger charge is -2.28. The lowest BCUT2D eigenvalue weighted by molar-refractivity contribution is -0.122. The first-order valence-corrected chi connectivity index (χ1v) is 9.06. The van der Waals surface area contributed by atoms with Crippen LogP contribution in [0.3, 0.4) is 0 Å². The summed E-state index contributed by atoms with van der Waals surface area (Å²) in [5, 5.41) is 5.62. The molecule has 0 aromatic heterocycles. The molecule has 0 saturated heterocycles. The van der Waals surface area contributed by atoms with Crippen LogP contribution in [0.5, 0.6) is 5.75 Å². The van der Waals surface area contributed by atoms with Gasteiger partial charge in [0.05, 0.1) is 24.0 Å². The van der Waals surface area contributed by atoms with E-state index in [-0.39, 0.29) is 11.8 Å². The molecule has 0 spiro atoms. The normalized spacial score (nSPS) is 25.5. The molecule has 1 aromatic rings. The van der Waals surface area contributed by atoms with E-state index in [4.69, 9.17) is 9.47 Å². The van der Waals surface area contributed by atoms with Crippen LogP contribution in [0.4, 0.5) is 5.69 Å². The summed E-state index contributed by atoms with van der Waals surface area (Å²) < 4.78 is 11.5. The highest BCUT2D eigenvalue weighted by Crippen LogP contribution is 2.33. The molecule has 1 aliphatic carbocycles. The lowest BCUT2D eigenvalue weighted by Crippen LogP contribution is -2.36. The highest BCUT2D eigenvalue weighted by atomic mass is 16.5. The van der Waals surface area contributed by atoms with Crippen molar-refractivity contribution in [2.24, 2.45) is 5.92 Å². The molecule has 1 saturated carbocycles. The maximum Gasteiger partial charge on any atom is 0.265 e. The number of hydrogen-bond donors (Lipinski definition) is 2. The monoisotopic (exact) mass is 346 g/mol. The standard InChI is InChI=1S/C19H26N2O4/c1-12-6-3-4-9-16(12)24-11-10-20-19(23)14-7-5-8-15-17(14)25-13(2)18(22)21-15/h5,7-8,12-13,16H,3-4,6,9-11H2,1-2H3,(H,20,23)(H,21,22). The van der Waals surface area contributed by atoms with Crippen molar-refractivity contribution in [1.82, 2.24) is 5.32 Å². The number of para-hydroxylation sites is 1. The molecule has 2 N–H and O–H groups in total. The van der Waals surface area contributed by atoms with Crippen LogP contribution in [0, 0.1) is 5.92 Å². The van der Waals surface area contributed by atoms with E-state index in [1.54, 1.807) is 25.1 Å². The van der Waals surface area contributed by atoms with E-state index in [1.807, 2.05) is 0 Å². The van der Waals surface area contributed by atoms with E-state index >= 15 is 0 Å². The van der Waals surface area contributed by atoms with Crippen LogP contribution < -0.4 is 15.4 Å². The summed E-state index contributed by atoms with van der Waals surface area (Å²) in [6, 6.07) is 5.15. The van der Waals surface area contributed by atoms with Gasteiger partial charge in [0, 0.05) is 6.54 Å². The Labute approximate surface area is 148 Å². The van der Waals surface area contributed by atoms with Gasteiger partial charge < -0.3 is 20.1 Å². The van der Waals surface area contributed by atoms with Crippen molar-refractivity contribution in [3.05, 3.63) is 23.8 Å². The van der Waals surface area contributed by atoms with Gasteiger partial charge in [-0.3, -0.25) is 9.59 Å². The van der Waals surface area contributed by atoms with Crippen LogP contribution in [0.1, 0.15) is 49.9 Å². The van der Waals surface area contributed by atoms with E-state index in [9.17, 15) is 9.59 Å². The summed E-state index contributed by atoms with van der Waals surface area (Å²) in [5.41, 5.74) is 0.957. The molecule has 2 amide bonds. The second-order valence-electron chi connectivity index (χ2n) is 6.86. The van der Waals surface area contributed by atoms with Gasteiger partial charge in [0.15, 0.2) is 11.9 Å². The lowest BCUT2D eigenvalue weighted by atomic mass is 9.88. The summed E-state index contributed by atoms with van der Waals surface area (Å²) in [7, 11) is 0. The fraction of sp³-hybridized carbons (Fsp3) is 0.579. The highest BCUT2D eigenvalue weighted by molar-refractivity contribution is 6.03. The minimum absolute atomic E-state index is 0.208. The third-order valence-electron chi connectivity index (χ3n) is 4.93. The Kier molecular flexibility index (Phi) is 5.58. The number of amides is 2. The van der Waals surface area contributed by atoms with Crippen molar-refractivity contribution >= 4 is 17.5 Å². The molecular formula is C19H26N2O4. The van der Waals surface area contributed by atoms with Crippen molar-refractivity contribution in [1.29, 1.82) is 0 Å². The largest absolute Gasteiger partial charge is 0.478 e. The molecule has 136 valence electrons. The fourth-order valence-electron chi connectivity index (χ4n) is 3.41. The molecule has 0 bridgehead atoms. The minimum Gasteiger partial charge on any atom is -0.478 e. The van der Waals surface area contributed by atoms with Gasteiger partial charge in [-0.1, -0.05) is 25.8 Å². The number of nitrogens with one attached hydrogen (secondary N) is 2. The van der Waals surface area contributed by atoms with Gasteiger partial charge in [-0.05, 0) is 37.8 Å². The maximum atomic E-state index is 12.5. The topological polar surface area (TPSA) is 76.7 Å². The van der Waals surface area contributed by atoms with Crippen LogP contribution in [0.25, 0.3) is 0 Å². The first-order valence-electron chi connectivity index (χ1n) is 9.06. The zero-order valence-corrected chi connectivity index (χ0v) is 14.8. The summed E-state index contributed by atoms with van der Waals surface area (Å²) in [4.78, 5) is 24.1. The molecule has 1 heterocycles. The van der Waals surface area contributed by atoms with Crippen molar-refractivity contribution < 1.29 is 19.1 Å². The molecule has 0 radical (unpaired) electrons. The van der Waals surface area contributed by atoms with Crippen molar-refractivity contribution in [2.75, 3.05) is 18.5 Å². The second-order valence-corrected chi connectivity index (χ2v) is 6.86. The number of hydrogen-bond acceptors (Lipinski definition) is 4. The molecule has 1 fully saturated rings. The van der Waals surface area contributed by atoms with E-state index in [1.165, 1.54) is 19.3 Å². The summed E-state index contributed by atoms with van der Waals surface area (Å²) >= 11 is 0. The first kappa shape index (κ1) is 17.7. The Morgan fingerprint density at radius 3 is 2.92 bits per heavy atom. The van der Waals surface area contributed by atoms with Crippen LogP contribution in [0.15, 0.2) is 18.2 Å². The third kappa shape index (κ3) is 4.12. The number of rotatable bonds is 5. The van der Waals surface area contributed by atoms with Gasteiger partial charge in [-0.25, -0.2) is 0 Å². The SMILES string of the molecule is CC1Oc2c(cccc2C(=O)NCCOC2CCCCC2C)NC1=O. The predicted octanol–water partition coefficient (Wildman–Crippen LogP) is 2.73. The zero-order valence-electron chi connectivity index (χ0n) is 14.8. The Hall–Kier alpha value is -2.08. The van der Waals surface area contributed by atoms with Gasteiger partial charge >= 0.3 is 0 Å². The van der Waals surface area contributed by atoms with Crippen LogP contribution in [-0.4, -0.2) is 37.2 Å². The number of fused-ring (bicyclic) bond motifs is 1. The van der Waals surface area contributed by atoms with E-state index < -0.39 is 6.10 Å². The Balaban J connectivity index is 1.54. The number of carbonyl (C=O) groups is 2. The van der Waals surface area contributed by atoms with Gasteiger partial charge in [-0.2, -0.15) is 0 Å². The molecule has 1 aromatic carbocycles. The van der Waals surface area contributed by atoms with Crippen molar-refractivity contribution in [2.45, 2.75) is 51.7 Å². The van der Waals surface area contributed by atoms with Crippen LogP contribution in [-0.2, 0) is 9.53 Å².